The van der Waals surface area contributed by atoms with Gasteiger partial charge in [-0.05, 0) is 12.0 Å². The maximum Gasteiger partial charge on any atom is 0.304 e. The van der Waals surface area contributed by atoms with Gasteiger partial charge in [-0.2, -0.15) is 8.42 Å². The molecule has 0 heterocycles. The second-order valence-corrected chi connectivity index (χ2v) is 4.66. The molecule has 0 saturated carbocycles. The normalized spacial score (nSPS) is 13.7. The van der Waals surface area contributed by atoms with E-state index in [9.17, 15) is 12.3 Å². The summed E-state index contributed by atoms with van der Waals surface area (Å²) in [4.78, 5) is 0. The van der Waals surface area contributed by atoms with E-state index in [2.05, 4.69) is 0 Å². The zero-order chi connectivity index (χ0) is 11.3. The van der Waals surface area contributed by atoms with Crippen LogP contribution < -0.4 is 0 Å². The number of halogens is 1. The summed E-state index contributed by atoms with van der Waals surface area (Å²) in [7, 11) is -3.11. The van der Waals surface area contributed by atoms with Crippen molar-refractivity contribution in [1.82, 2.24) is 0 Å². The lowest BCUT2D eigenvalue weighted by Crippen LogP contribution is -2.23. The van der Waals surface area contributed by atoms with Crippen molar-refractivity contribution in [3.63, 3.8) is 0 Å². The highest BCUT2D eigenvalue weighted by Crippen LogP contribution is 2.08. The molecule has 1 rings (SSSR count). The smallest absolute Gasteiger partial charge is 0.304 e. The Hall–Kier alpha value is -0.940. The molecule has 84 valence electrons. The van der Waals surface area contributed by atoms with Crippen molar-refractivity contribution >= 4 is 10.2 Å². The van der Waals surface area contributed by atoms with Gasteiger partial charge in [0, 0.05) is 7.11 Å². The number of hydrogen-bond donors (Lipinski definition) is 0. The highest BCUT2D eigenvalue weighted by Gasteiger charge is 2.18. The van der Waals surface area contributed by atoms with Crippen LogP contribution in [-0.4, -0.2) is 27.4 Å². The average Bonchev–Trinajstić information content (AvgIpc) is 2.16. The molecular formula is C10H13FO3S. The molecule has 0 fully saturated rings. The van der Waals surface area contributed by atoms with Crippen LogP contribution in [0.15, 0.2) is 30.3 Å². The van der Waals surface area contributed by atoms with E-state index in [1.165, 1.54) is 7.11 Å². The van der Waals surface area contributed by atoms with Gasteiger partial charge in [-0.1, -0.05) is 30.3 Å². The molecule has 0 saturated heterocycles. The van der Waals surface area contributed by atoms with Crippen molar-refractivity contribution in [2.24, 2.45) is 0 Å². The summed E-state index contributed by atoms with van der Waals surface area (Å²) in [6, 6.07) is 9.23. The summed E-state index contributed by atoms with van der Waals surface area (Å²) in [6.07, 6.45) is -0.247. The van der Waals surface area contributed by atoms with Crippen LogP contribution in [0.4, 0.5) is 3.89 Å². The number of ether oxygens (including phenoxy) is 1. The van der Waals surface area contributed by atoms with Gasteiger partial charge in [-0.3, -0.25) is 0 Å². The summed E-state index contributed by atoms with van der Waals surface area (Å²) < 4.78 is 38.2. The maximum absolute atomic E-state index is 12.4. The molecular weight excluding hydrogens is 219 g/mol. The molecule has 1 aromatic carbocycles. The van der Waals surface area contributed by atoms with Gasteiger partial charge in [0.25, 0.3) is 0 Å². The predicted molar refractivity (Wildman–Crippen MR) is 55.8 cm³/mol. The summed E-state index contributed by atoms with van der Waals surface area (Å²) in [6.45, 7) is 0. The molecule has 1 atom stereocenters. The Kier molecular flexibility index (Phi) is 4.23. The number of rotatable bonds is 5. The summed E-state index contributed by atoms with van der Waals surface area (Å²) in [5.74, 6) is -0.599. The van der Waals surface area contributed by atoms with Crippen molar-refractivity contribution in [3.05, 3.63) is 35.9 Å². The van der Waals surface area contributed by atoms with E-state index >= 15 is 0 Å². The second-order valence-electron chi connectivity index (χ2n) is 3.25. The maximum atomic E-state index is 12.4. The Balaban J connectivity index is 2.63. The highest BCUT2D eigenvalue weighted by atomic mass is 32.3. The first-order chi connectivity index (χ1) is 7.01. The summed E-state index contributed by atoms with van der Waals surface area (Å²) in [5.41, 5.74) is 0.924. The number of hydrogen-bond acceptors (Lipinski definition) is 3. The van der Waals surface area contributed by atoms with Gasteiger partial charge in [0.1, 0.15) is 5.75 Å². The Morgan fingerprint density at radius 1 is 1.33 bits per heavy atom. The van der Waals surface area contributed by atoms with Crippen LogP contribution in [0.25, 0.3) is 0 Å². The lowest BCUT2D eigenvalue weighted by atomic mass is 10.1. The van der Waals surface area contributed by atoms with Gasteiger partial charge < -0.3 is 4.74 Å². The van der Waals surface area contributed by atoms with Crippen LogP contribution in [0.5, 0.6) is 0 Å². The molecule has 0 radical (unpaired) electrons. The molecule has 0 aromatic heterocycles. The van der Waals surface area contributed by atoms with Crippen LogP contribution in [0.2, 0.25) is 0 Å². The standard InChI is InChI=1S/C10H13FO3S/c1-14-10(8-15(11,12)13)7-9-5-3-2-4-6-9/h2-6,10H,7-8H2,1H3. The molecule has 5 heteroatoms. The van der Waals surface area contributed by atoms with E-state index in [1.54, 1.807) is 0 Å². The minimum atomic E-state index is -4.48. The van der Waals surface area contributed by atoms with E-state index in [0.29, 0.717) is 6.42 Å². The van der Waals surface area contributed by atoms with Crippen LogP contribution in [0, 0.1) is 0 Å². The minimum Gasteiger partial charge on any atom is -0.380 e. The Morgan fingerprint density at radius 2 is 1.93 bits per heavy atom. The van der Waals surface area contributed by atoms with E-state index in [4.69, 9.17) is 4.74 Å². The van der Waals surface area contributed by atoms with Gasteiger partial charge in [0.2, 0.25) is 0 Å². The average molecular weight is 232 g/mol. The van der Waals surface area contributed by atoms with Gasteiger partial charge in [0.05, 0.1) is 6.10 Å². The molecule has 0 N–H and O–H groups in total. The zero-order valence-corrected chi connectivity index (χ0v) is 9.21. The van der Waals surface area contributed by atoms with Crippen LogP contribution in [-0.2, 0) is 21.4 Å². The fourth-order valence-electron chi connectivity index (χ4n) is 1.31. The molecule has 0 bridgehead atoms. The van der Waals surface area contributed by atoms with E-state index < -0.39 is 22.1 Å². The van der Waals surface area contributed by atoms with E-state index in [-0.39, 0.29) is 0 Å². The third-order valence-electron chi connectivity index (χ3n) is 2.02. The largest absolute Gasteiger partial charge is 0.380 e. The molecule has 0 amide bonds. The van der Waals surface area contributed by atoms with Gasteiger partial charge in [0.15, 0.2) is 0 Å². The molecule has 0 spiro atoms. The summed E-state index contributed by atoms with van der Waals surface area (Å²) >= 11 is 0. The SMILES string of the molecule is COC(Cc1ccccc1)CS(=O)(=O)F. The molecule has 0 aliphatic carbocycles. The molecule has 0 aliphatic heterocycles. The number of methoxy groups -OCH3 is 1. The predicted octanol–water partition coefficient (Wildman–Crippen LogP) is 1.54. The topological polar surface area (TPSA) is 43.4 Å². The fraction of sp³-hybridized carbons (Fsp3) is 0.400. The molecule has 1 unspecified atom stereocenters. The minimum absolute atomic E-state index is 0.389. The first-order valence-corrected chi connectivity index (χ1v) is 6.05. The molecule has 15 heavy (non-hydrogen) atoms. The second kappa shape index (κ2) is 5.23. The van der Waals surface area contributed by atoms with E-state index in [0.717, 1.165) is 5.56 Å². The zero-order valence-electron chi connectivity index (χ0n) is 8.39. The van der Waals surface area contributed by atoms with Crippen LogP contribution in [0.1, 0.15) is 5.56 Å². The lowest BCUT2D eigenvalue weighted by Gasteiger charge is -2.12. The quantitative estimate of drug-likeness (QED) is 0.723. The Bertz CT molecular complexity index is 388. The van der Waals surface area contributed by atoms with Crippen LogP contribution in [0.3, 0.4) is 0 Å². The molecule has 3 nitrogen and oxygen atoms in total. The Morgan fingerprint density at radius 3 is 2.40 bits per heavy atom. The third-order valence-corrected chi connectivity index (χ3v) is 2.79. The van der Waals surface area contributed by atoms with Crippen molar-refractivity contribution in [2.45, 2.75) is 12.5 Å². The third kappa shape index (κ3) is 4.90. The van der Waals surface area contributed by atoms with Gasteiger partial charge in [-0.15, -0.1) is 3.89 Å². The van der Waals surface area contributed by atoms with Gasteiger partial charge >= 0.3 is 10.2 Å². The van der Waals surface area contributed by atoms with E-state index in [1.807, 2.05) is 30.3 Å². The fourth-order valence-corrected chi connectivity index (χ4v) is 2.01. The Labute approximate surface area is 89.1 Å². The summed E-state index contributed by atoms with van der Waals surface area (Å²) in [5, 5.41) is 0. The molecule has 0 aliphatic rings. The first kappa shape index (κ1) is 12.1. The van der Waals surface area contributed by atoms with Crippen LogP contribution >= 0.6 is 0 Å². The first-order valence-electron chi connectivity index (χ1n) is 4.50. The molecule has 1 aromatic rings. The van der Waals surface area contributed by atoms with Crippen molar-refractivity contribution in [3.8, 4) is 0 Å². The van der Waals surface area contributed by atoms with Crippen molar-refractivity contribution in [2.75, 3.05) is 12.9 Å². The van der Waals surface area contributed by atoms with Gasteiger partial charge in [-0.25, -0.2) is 0 Å². The highest BCUT2D eigenvalue weighted by molar-refractivity contribution is 7.86. The van der Waals surface area contributed by atoms with Crippen molar-refractivity contribution in [1.29, 1.82) is 0 Å². The number of benzene rings is 1. The monoisotopic (exact) mass is 232 g/mol. The van der Waals surface area contributed by atoms with Crippen molar-refractivity contribution < 1.29 is 17.0 Å². The lowest BCUT2D eigenvalue weighted by molar-refractivity contribution is 0.120.